The normalized spacial score (nSPS) is 16.3. The van der Waals surface area contributed by atoms with Gasteiger partial charge in [0.05, 0.1) is 24.7 Å². The van der Waals surface area contributed by atoms with Crippen LogP contribution >= 0.6 is 0 Å². The zero-order valence-corrected chi connectivity index (χ0v) is 25.7. The summed E-state index contributed by atoms with van der Waals surface area (Å²) in [7, 11) is -11.7. The maximum absolute atomic E-state index is 13.7. The van der Waals surface area contributed by atoms with Crippen LogP contribution in [0.25, 0.3) is 0 Å². The average molecular weight is 896 g/mol. The molecule has 0 aromatic heterocycles. The van der Waals surface area contributed by atoms with Crippen molar-refractivity contribution in [2.45, 2.75) is 90.8 Å². The second-order valence-corrected chi connectivity index (χ2v) is 13.5. The van der Waals surface area contributed by atoms with E-state index in [4.69, 9.17) is 0 Å². The quantitative estimate of drug-likeness (QED) is 0.0695. The first-order valence-electron chi connectivity index (χ1n) is 12.3. The second-order valence-electron chi connectivity index (χ2n) is 10.0. The predicted octanol–water partition coefficient (Wildman–Crippen LogP) is 8.33. The summed E-state index contributed by atoms with van der Waals surface area (Å²) in [6, 6.07) is 0. The van der Waals surface area contributed by atoms with Crippen molar-refractivity contribution in [2.75, 3.05) is 24.7 Å². The molecule has 0 heterocycles. The summed E-state index contributed by atoms with van der Waals surface area (Å²) in [4.78, 5) is 0. The molecule has 0 aromatic rings. The van der Waals surface area contributed by atoms with Gasteiger partial charge in [-0.3, -0.25) is 8.37 Å². The monoisotopic (exact) mass is 896 g/mol. The first kappa shape index (κ1) is 51.0. The van der Waals surface area contributed by atoms with Gasteiger partial charge in [0.2, 0.25) is 0 Å². The fourth-order valence-corrected chi connectivity index (χ4v) is 4.96. The van der Waals surface area contributed by atoms with E-state index in [1.807, 2.05) is 0 Å². The lowest BCUT2D eigenvalue weighted by Gasteiger charge is -2.39. The van der Waals surface area contributed by atoms with Crippen LogP contribution in [-0.2, 0) is 28.6 Å². The average Bonchev–Trinajstić information content (AvgIpc) is 2.93. The molecule has 0 unspecified atom stereocenters. The summed E-state index contributed by atoms with van der Waals surface area (Å²) in [5, 5.41) is 0. The lowest BCUT2D eigenvalue weighted by Crippen LogP contribution is -2.70. The van der Waals surface area contributed by atoms with E-state index in [0.29, 0.717) is 0 Å². The van der Waals surface area contributed by atoms with Crippen LogP contribution in [0.5, 0.6) is 0 Å². The Morgan fingerprint density at radius 2 is 0.528 bits per heavy atom. The van der Waals surface area contributed by atoms with Crippen LogP contribution in [0, 0.1) is 0 Å². The van der Waals surface area contributed by atoms with Gasteiger partial charge in [-0.1, -0.05) is 0 Å². The summed E-state index contributed by atoms with van der Waals surface area (Å²) in [6.07, 6.45) is -23.4. The predicted molar refractivity (Wildman–Crippen MR) is 115 cm³/mol. The van der Waals surface area contributed by atoms with Gasteiger partial charge in [-0.25, -0.2) is 0 Å². The molecule has 0 aliphatic heterocycles. The van der Waals surface area contributed by atoms with Gasteiger partial charge in [0.15, 0.2) is 0 Å². The highest BCUT2D eigenvalue weighted by atomic mass is 32.2. The molecule has 0 bridgehead atoms. The Morgan fingerprint density at radius 3 is 0.736 bits per heavy atom. The van der Waals surface area contributed by atoms with E-state index < -0.39 is 136 Å². The van der Waals surface area contributed by atoms with Crippen molar-refractivity contribution in [2.24, 2.45) is 0 Å². The van der Waals surface area contributed by atoms with Crippen molar-refractivity contribution in [3.05, 3.63) is 0 Å². The van der Waals surface area contributed by atoms with Crippen molar-refractivity contribution in [1.29, 1.82) is 0 Å². The van der Waals surface area contributed by atoms with Crippen LogP contribution in [0.2, 0.25) is 0 Å². The minimum atomic E-state index is -8.31. The molecular weight excluding hydrogens is 882 g/mol. The molecule has 0 radical (unpaired) electrons. The third kappa shape index (κ3) is 9.18. The van der Waals surface area contributed by atoms with Gasteiger partial charge < -0.3 is 0 Å². The van der Waals surface area contributed by atoms with Gasteiger partial charge in [-0.05, 0) is 6.42 Å². The molecule has 320 valence electrons. The molecule has 0 aliphatic rings. The second kappa shape index (κ2) is 14.5. The molecule has 0 saturated heterocycles. The Balaban J connectivity index is 5.51. The Morgan fingerprint density at radius 1 is 0.321 bits per heavy atom. The molecule has 0 N–H and O–H groups in total. The zero-order valence-electron chi connectivity index (χ0n) is 24.0. The van der Waals surface area contributed by atoms with Crippen LogP contribution < -0.4 is 0 Å². The Kier molecular flexibility index (Phi) is 13.9. The first-order valence-corrected chi connectivity index (χ1v) is 15.4. The Hall–Kier alpha value is -2.00. The number of hydrogen-bond acceptors (Lipinski definition) is 6. The van der Waals surface area contributed by atoms with Gasteiger partial charge in [0, 0.05) is 12.8 Å². The summed E-state index contributed by atoms with van der Waals surface area (Å²) in [5.74, 6) is -84.3. The zero-order chi connectivity index (χ0) is 43.4. The van der Waals surface area contributed by atoms with Crippen LogP contribution in [0.1, 0.15) is 19.3 Å². The molecule has 0 fully saturated rings. The van der Waals surface area contributed by atoms with Crippen molar-refractivity contribution < 1.29 is 139 Å². The standard InChI is InChI=1S/C19H14F26O6S2/c20-8(21,10(24,25)12(28,29)14(32,33)16(36,37)18(40,41)42)2-6-52(46,47)50-4-1-5-51-53(48,49)7-3-9(22,23)11(26,27)13(30,31)15(34,35)17(38,39)19(43,44)45/h1-7H2. The number of halogens is 26. The molecule has 53 heavy (non-hydrogen) atoms. The van der Waals surface area contributed by atoms with Crippen LogP contribution in [-0.4, -0.2) is 113 Å². The fraction of sp³-hybridized carbons (Fsp3) is 1.00. The van der Waals surface area contributed by atoms with E-state index >= 15 is 0 Å². The molecule has 0 amide bonds. The molecule has 0 aliphatic carbocycles. The summed E-state index contributed by atoms with van der Waals surface area (Å²) in [6.45, 7) is -3.32. The van der Waals surface area contributed by atoms with E-state index in [2.05, 4.69) is 8.37 Å². The maximum Gasteiger partial charge on any atom is 0.460 e. The van der Waals surface area contributed by atoms with Crippen molar-refractivity contribution in [3.63, 3.8) is 0 Å². The summed E-state index contributed by atoms with van der Waals surface area (Å²) < 4.78 is 393. The van der Waals surface area contributed by atoms with Crippen LogP contribution in [0.15, 0.2) is 0 Å². The van der Waals surface area contributed by atoms with E-state index in [-0.39, 0.29) is 0 Å². The highest BCUT2D eigenvalue weighted by molar-refractivity contribution is 7.86. The Bertz CT molecular complexity index is 1370. The minimum Gasteiger partial charge on any atom is -0.270 e. The molecule has 0 rings (SSSR count). The molecular formula is C19H14F26O6S2. The van der Waals surface area contributed by atoms with Gasteiger partial charge in [0.25, 0.3) is 20.2 Å². The molecule has 0 saturated carbocycles. The van der Waals surface area contributed by atoms with Crippen LogP contribution in [0.3, 0.4) is 0 Å². The van der Waals surface area contributed by atoms with Gasteiger partial charge >= 0.3 is 71.6 Å². The van der Waals surface area contributed by atoms with E-state index in [9.17, 15) is 131 Å². The fourth-order valence-electron chi connectivity index (χ4n) is 2.97. The molecule has 34 heteroatoms. The number of alkyl halides is 26. The van der Waals surface area contributed by atoms with E-state index in [0.717, 1.165) is 0 Å². The summed E-state index contributed by atoms with van der Waals surface area (Å²) in [5.41, 5.74) is 0. The van der Waals surface area contributed by atoms with Gasteiger partial charge in [-0.15, -0.1) is 0 Å². The molecule has 6 nitrogen and oxygen atoms in total. The van der Waals surface area contributed by atoms with Gasteiger partial charge in [-0.2, -0.15) is 131 Å². The Labute approximate surface area is 276 Å². The minimum absolute atomic E-state index is 1.33. The number of rotatable bonds is 20. The lowest BCUT2D eigenvalue weighted by atomic mass is 9.93. The third-order valence-electron chi connectivity index (χ3n) is 6.14. The maximum atomic E-state index is 13.7. The molecule has 0 spiro atoms. The SMILES string of the molecule is O=S(=O)(CCC(F)(F)C(F)(F)C(F)(F)C(F)(F)C(F)(F)C(F)(F)F)OCCCOS(=O)(=O)CCC(F)(F)C(F)(F)C(F)(F)C(F)(F)C(F)(F)C(F)(F)F. The van der Waals surface area contributed by atoms with E-state index in [1.54, 1.807) is 0 Å². The molecule has 0 atom stereocenters. The topological polar surface area (TPSA) is 86.7 Å². The lowest BCUT2D eigenvalue weighted by molar-refractivity contribution is -0.439. The first-order chi connectivity index (χ1) is 22.6. The van der Waals surface area contributed by atoms with E-state index in [1.165, 1.54) is 0 Å². The third-order valence-corrected chi connectivity index (χ3v) is 8.60. The van der Waals surface area contributed by atoms with Crippen molar-refractivity contribution >= 4 is 20.2 Å². The van der Waals surface area contributed by atoms with Crippen LogP contribution in [0.4, 0.5) is 114 Å². The molecule has 0 aromatic carbocycles. The highest BCUT2D eigenvalue weighted by Crippen LogP contribution is 2.62. The van der Waals surface area contributed by atoms with Gasteiger partial charge in [0.1, 0.15) is 0 Å². The number of hydrogen-bond donors (Lipinski definition) is 0. The smallest absolute Gasteiger partial charge is 0.270 e. The van der Waals surface area contributed by atoms with Crippen molar-refractivity contribution in [1.82, 2.24) is 0 Å². The highest BCUT2D eigenvalue weighted by Gasteiger charge is 2.92. The largest absolute Gasteiger partial charge is 0.460 e. The summed E-state index contributed by atoms with van der Waals surface area (Å²) >= 11 is 0. The van der Waals surface area contributed by atoms with Crippen molar-refractivity contribution in [3.8, 4) is 0 Å².